The molecule has 0 aliphatic heterocycles. The Hall–Kier alpha value is -0.530. The van der Waals surface area contributed by atoms with Gasteiger partial charge in [0.2, 0.25) is 0 Å². The number of hydrogen-bond donors (Lipinski definition) is 0. The summed E-state index contributed by atoms with van der Waals surface area (Å²) in [6.45, 7) is 86.5. The van der Waals surface area contributed by atoms with Gasteiger partial charge in [-0.2, -0.15) is 0 Å². The quantitative estimate of drug-likeness (QED) is 0.0628. The molecule has 14 unspecified atom stereocenters. The molecule has 4 saturated carbocycles. The standard InChI is InChI=1S/C75H144O2/c1-34-59(16,17)62(21,36-3)64(23,38-5)66(25,40-7)68(27,42-9)70(29,44-11)72(31,46-13)74(33,48-15)73(32,47-14)71(30,45-12)69(28,43-10)67(26,41-8)65(24,39-6)63(22,37-4)61(20,35-2)58(76)77-60(18,19)75-52-55-49-56(53-75)51-57(50-55)54-75/h55-57H,34-54H2,1-33H3. The van der Waals surface area contributed by atoms with Crippen molar-refractivity contribution in [3.63, 3.8) is 0 Å². The average Bonchev–Trinajstić information content (AvgIpc) is 3.42. The molecule has 4 aliphatic rings. The van der Waals surface area contributed by atoms with Crippen LogP contribution in [0.3, 0.4) is 0 Å². The van der Waals surface area contributed by atoms with Crippen LogP contribution in [-0.2, 0) is 9.53 Å². The normalized spacial score (nSPS) is 31.3. The number of hydrogen-bond acceptors (Lipinski definition) is 2. The smallest absolute Gasteiger partial charge is 0.312 e. The molecule has 0 aromatic rings. The maximum atomic E-state index is 16.0. The van der Waals surface area contributed by atoms with Crippen LogP contribution in [0.15, 0.2) is 0 Å². The van der Waals surface area contributed by atoms with E-state index in [2.05, 4.69) is 228 Å². The van der Waals surface area contributed by atoms with Crippen LogP contribution in [0.2, 0.25) is 0 Å². The summed E-state index contributed by atoms with van der Waals surface area (Å²) in [7, 11) is 0. The van der Waals surface area contributed by atoms with Gasteiger partial charge in [0.25, 0.3) is 0 Å². The van der Waals surface area contributed by atoms with Crippen molar-refractivity contribution in [2.45, 2.75) is 369 Å². The van der Waals surface area contributed by atoms with E-state index in [0.29, 0.717) is 0 Å². The molecule has 2 nitrogen and oxygen atoms in total. The first kappa shape index (κ1) is 70.7. The molecular weight excluding hydrogens is 933 g/mol. The maximum Gasteiger partial charge on any atom is 0.312 e. The molecule has 0 heterocycles. The molecule has 14 atom stereocenters. The molecule has 4 aliphatic carbocycles. The first-order valence-corrected chi connectivity index (χ1v) is 34.3. The zero-order chi connectivity index (χ0) is 60.4. The highest BCUT2D eigenvalue weighted by Gasteiger charge is 2.77. The molecule has 0 amide bonds. The van der Waals surface area contributed by atoms with E-state index in [1.807, 2.05) is 0 Å². The van der Waals surface area contributed by atoms with Gasteiger partial charge in [-0.15, -0.1) is 0 Å². The predicted molar refractivity (Wildman–Crippen MR) is 342 cm³/mol. The summed E-state index contributed by atoms with van der Waals surface area (Å²) in [6.07, 6.45) is 24.3. The zero-order valence-electron chi connectivity index (χ0n) is 59.4. The van der Waals surface area contributed by atoms with E-state index in [-0.39, 0.29) is 87.2 Å². The molecule has 0 aromatic heterocycles. The fourth-order valence-corrected chi connectivity index (χ4v) is 24.7. The summed E-state index contributed by atoms with van der Waals surface area (Å²) in [5, 5.41) is 0. The van der Waals surface area contributed by atoms with Crippen LogP contribution in [0.4, 0.5) is 0 Å². The summed E-state index contributed by atoms with van der Waals surface area (Å²) in [6, 6.07) is 0. The van der Waals surface area contributed by atoms with Crippen LogP contribution >= 0.6 is 0 Å². The molecule has 77 heavy (non-hydrogen) atoms. The molecule has 4 bridgehead atoms. The zero-order valence-corrected chi connectivity index (χ0v) is 59.4. The van der Waals surface area contributed by atoms with Crippen LogP contribution in [0.25, 0.3) is 0 Å². The Morgan fingerprint density at radius 3 is 0.675 bits per heavy atom. The summed E-state index contributed by atoms with van der Waals surface area (Å²) in [5.41, 5.74) is -1.79. The van der Waals surface area contributed by atoms with Crippen molar-refractivity contribution in [2.24, 2.45) is 104 Å². The van der Waals surface area contributed by atoms with E-state index in [0.717, 1.165) is 88.4 Å². The molecule has 2 heteroatoms. The van der Waals surface area contributed by atoms with Crippen LogP contribution in [0.5, 0.6) is 0 Å². The van der Waals surface area contributed by atoms with Gasteiger partial charge in [-0.25, -0.2) is 0 Å². The van der Waals surface area contributed by atoms with Crippen molar-refractivity contribution in [1.82, 2.24) is 0 Å². The minimum atomic E-state index is -0.681. The van der Waals surface area contributed by atoms with Crippen LogP contribution < -0.4 is 0 Å². The van der Waals surface area contributed by atoms with Crippen molar-refractivity contribution in [2.75, 3.05) is 0 Å². The van der Waals surface area contributed by atoms with Crippen molar-refractivity contribution >= 4 is 5.97 Å². The van der Waals surface area contributed by atoms with Gasteiger partial charge in [-0.3, -0.25) is 4.79 Å². The van der Waals surface area contributed by atoms with Gasteiger partial charge in [-0.05, 0) is 243 Å². The lowest BCUT2D eigenvalue weighted by molar-refractivity contribution is -0.298. The Bertz CT molecular complexity index is 1940. The summed E-state index contributed by atoms with van der Waals surface area (Å²) >= 11 is 0. The van der Waals surface area contributed by atoms with E-state index in [9.17, 15) is 0 Å². The summed E-state index contributed by atoms with van der Waals surface area (Å²) in [4.78, 5) is 16.0. The molecule has 456 valence electrons. The Kier molecular flexibility index (Phi) is 21.0. The lowest BCUT2D eigenvalue weighted by Gasteiger charge is -2.78. The maximum absolute atomic E-state index is 16.0. The summed E-state index contributed by atoms with van der Waals surface area (Å²) in [5.74, 6) is 2.50. The minimum Gasteiger partial charge on any atom is -0.459 e. The minimum absolute atomic E-state index is 0.00611. The van der Waals surface area contributed by atoms with Gasteiger partial charge in [0, 0.05) is 5.41 Å². The highest BCUT2D eigenvalue weighted by Crippen LogP contribution is 2.83. The monoisotopic (exact) mass is 1080 g/mol. The van der Waals surface area contributed by atoms with Crippen molar-refractivity contribution in [1.29, 1.82) is 0 Å². The molecule has 4 rings (SSSR count). The van der Waals surface area contributed by atoms with Gasteiger partial charge in [0.05, 0.1) is 5.41 Å². The fourth-order valence-electron chi connectivity index (χ4n) is 24.7. The van der Waals surface area contributed by atoms with Gasteiger partial charge in [-0.1, -0.05) is 214 Å². The van der Waals surface area contributed by atoms with Gasteiger partial charge in [0.15, 0.2) is 0 Å². The number of carbonyl (C=O) groups excluding carboxylic acids is 1. The third-order valence-corrected chi connectivity index (χ3v) is 34.2. The third kappa shape index (κ3) is 8.61. The Morgan fingerprint density at radius 1 is 0.299 bits per heavy atom. The first-order valence-electron chi connectivity index (χ1n) is 34.3. The first-order chi connectivity index (χ1) is 35.0. The van der Waals surface area contributed by atoms with Gasteiger partial charge >= 0.3 is 5.97 Å². The van der Waals surface area contributed by atoms with E-state index in [1.54, 1.807) is 0 Å². The highest BCUT2D eigenvalue weighted by atomic mass is 16.6. The van der Waals surface area contributed by atoms with E-state index < -0.39 is 11.0 Å². The van der Waals surface area contributed by atoms with Crippen molar-refractivity contribution < 1.29 is 9.53 Å². The fraction of sp³-hybridized carbons (Fsp3) is 0.987. The number of ether oxygens (including phenoxy) is 1. The number of esters is 1. The Balaban J connectivity index is 2.50. The third-order valence-electron chi connectivity index (χ3n) is 34.2. The number of rotatable bonds is 32. The molecule has 0 saturated heterocycles. The molecular formula is C75H144O2. The van der Waals surface area contributed by atoms with Crippen LogP contribution in [0, 0.1) is 104 Å². The molecule has 0 aromatic carbocycles. The molecule has 0 radical (unpaired) electrons. The van der Waals surface area contributed by atoms with Crippen molar-refractivity contribution in [3.05, 3.63) is 0 Å². The van der Waals surface area contributed by atoms with E-state index in [1.165, 1.54) is 64.2 Å². The predicted octanol–water partition coefficient (Wildman–Crippen LogP) is 24.8. The summed E-state index contributed by atoms with van der Waals surface area (Å²) < 4.78 is 7.34. The SMILES string of the molecule is CCC(C)(C)C(C)(CC)C(C)(CC)C(C)(CC)C(C)(CC)C(C)(CC)C(C)(CC)C(C)(CC)C(C)(CC)C(C)(CC)C(C)(CC)C(C)(CC)C(C)(CC)C(C)(CC)C(C)(CC)C(=O)OC(C)(C)C12CC3CC(CC(C3)C1)C2. The second-order valence-corrected chi connectivity index (χ2v) is 32.9. The van der Waals surface area contributed by atoms with Crippen molar-refractivity contribution in [3.8, 4) is 0 Å². The van der Waals surface area contributed by atoms with Gasteiger partial charge in [0.1, 0.15) is 5.60 Å². The Labute approximate surface area is 486 Å². The lowest BCUT2D eigenvalue weighted by atomic mass is 9.26. The molecule has 0 spiro atoms. The molecule has 4 fully saturated rings. The largest absolute Gasteiger partial charge is 0.459 e. The van der Waals surface area contributed by atoms with Gasteiger partial charge < -0.3 is 4.74 Å². The second-order valence-electron chi connectivity index (χ2n) is 32.9. The highest BCUT2D eigenvalue weighted by molar-refractivity contribution is 5.78. The van der Waals surface area contributed by atoms with E-state index >= 15 is 4.79 Å². The molecule has 0 N–H and O–H groups in total. The Morgan fingerprint density at radius 2 is 0.494 bits per heavy atom. The number of carbonyl (C=O) groups is 1. The topological polar surface area (TPSA) is 26.3 Å². The van der Waals surface area contributed by atoms with Crippen LogP contribution in [-0.4, -0.2) is 11.6 Å². The lowest BCUT2D eigenvalue weighted by Crippen LogP contribution is -2.72. The van der Waals surface area contributed by atoms with E-state index in [4.69, 9.17) is 4.74 Å². The average molecular weight is 1080 g/mol. The van der Waals surface area contributed by atoms with Crippen LogP contribution in [0.1, 0.15) is 363 Å². The second kappa shape index (κ2) is 22.8.